The van der Waals surface area contributed by atoms with E-state index in [1.807, 2.05) is 6.92 Å². The zero-order valence-electron chi connectivity index (χ0n) is 11.7. The van der Waals surface area contributed by atoms with E-state index in [0.29, 0.717) is 17.1 Å². The molecular formula is C13H22N4O2. The van der Waals surface area contributed by atoms with Crippen LogP contribution in [0.1, 0.15) is 31.2 Å². The monoisotopic (exact) mass is 266 g/mol. The normalized spacial score (nSPS) is 32.8. The Hall–Kier alpha value is -0.980. The lowest BCUT2D eigenvalue weighted by Crippen LogP contribution is -2.44. The summed E-state index contributed by atoms with van der Waals surface area (Å²) >= 11 is 0. The summed E-state index contributed by atoms with van der Waals surface area (Å²) in [5.74, 6) is 1.28. The van der Waals surface area contributed by atoms with Crippen molar-refractivity contribution in [3.8, 4) is 0 Å². The lowest BCUT2D eigenvalue weighted by Gasteiger charge is -2.36. The molecule has 2 atom stereocenters. The van der Waals surface area contributed by atoms with Crippen molar-refractivity contribution in [3.05, 3.63) is 11.7 Å². The number of nitrogens with zero attached hydrogens (tertiary/aromatic N) is 3. The molecule has 2 aliphatic rings. The molecule has 0 amide bonds. The van der Waals surface area contributed by atoms with E-state index in [-0.39, 0.29) is 6.10 Å². The molecule has 2 unspecified atom stereocenters. The van der Waals surface area contributed by atoms with Gasteiger partial charge in [-0.05, 0) is 18.4 Å². The first-order valence-electron chi connectivity index (χ1n) is 7.00. The molecule has 0 bridgehead atoms. The zero-order chi connectivity index (χ0) is 13.3. The molecule has 1 aromatic heterocycles. The van der Waals surface area contributed by atoms with Gasteiger partial charge < -0.3 is 14.6 Å². The van der Waals surface area contributed by atoms with Crippen molar-refractivity contribution in [1.29, 1.82) is 0 Å². The van der Waals surface area contributed by atoms with Gasteiger partial charge in [-0.3, -0.25) is 4.90 Å². The van der Waals surface area contributed by atoms with Gasteiger partial charge >= 0.3 is 0 Å². The second-order valence-electron chi connectivity index (χ2n) is 6.00. The van der Waals surface area contributed by atoms with Gasteiger partial charge in [-0.2, -0.15) is 4.98 Å². The highest BCUT2D eigenvalue weighted by Crippen LogP contribution is 2.28. The SMILES string of the molecule is Cc1nc(C2CN(CC3(C)CCNC3)CCO2)no1. The standard InChI is InChI=1S/C13H22N4O2/c1-10-15-12(16-19-10)11-7-17(5-6-18-11)9-13(2)3-4-14-8-13/h11,14H,3-9H2,1-2H3. The van der Waals surface area contributed by atoms with Crippen molar-refractivity contribution in [2.45, 2.75) is 26.4 Å². The van der Waals surface area contributed by atoms with E-state index in [2.05, 4.69) is 27.3 Å². The minimum atomic E-state index is -0.0517. The van der Waals surface area contributed by atoms with Gasteiger partial charge in [0.25, 0.3) is 0 Å². The van der Waals surface area contributed by atoms with E-state index < -0.39 is 0 Å². The molecule has 0 radical (unpaired) electrons. The fraction of sp³-hybridized carbons (Fsp3) is 0.846. The highest BCUT2D eigenvalue weighted by molar-refractivity contribution is 4.94. The minimum Gasteiger partial charge on any atom is -0.367 e. The molecule has 0 spiro atoms. The zero-order valence-corrected chi connectivity index (χ0v) is 11.7. The van der Waals surface area contributed by atoms with Gasteiger partial charge in [0.05, 0.1) is 6.61 Å². The highest BCUT2D eigenvalue weighted by atomic mass is 16.5. The Morgan fingerprint density at radius 3 is 3.11 bits per heavy atom. The van der Waals surface area contributed by atoms with Crippen LogP contribution in [0, 0.1) is 12.3 Å². The van der Waals surface area contributed by atoms with Crippen molar-refractivity contribution in [3.63, 3.8) is 0 Å². The number of rotatable bonds is 3. The Morgan fingerprint density at radius 1 is 1.53 bits per heavy atom. The molecule has 3 rings (SSSR count). The molecule has 6 nitrogen and oxygen atoms in total. The molecule has 106 valence electrons. The molecule has 1 N–H and O–H groups in total. The fourth-order valence-corrected chi connectivity index (χ4v) is 2.99. The number of hydrogen-bond acceptors (Lipinski definition) is 6. The maximum atomic E-state index is 5.76. The minimum absolute atomic E-state index is 0.0517. The van der Waals surface area contributed by atoms with Crippen LogP contribution in [0.4, 0.5) is 0 Å². The third-order valence-corrected chi connectivity index (χ3v) is 4.04. The Kier molecular flexibility index (Phi) is 3.56. The molecule has 0 saturated carbocycles. The third-order valence-electron chi connectivity index (χ3n) is 4.04. The van der Waals surface area contributed by atoms with Gasteiger partial charge in [-0.25, -0.2) is 0 Å². The molecule has 2 fully saturated rings. The molecule has 6 heteroatoms. The molecule has 2 aliphatic heterocycles. The first kappa shape index (κ1) is 13.0. The second-order valence-corrected chi connectivity index (χ2v) is 6.00. The molecule has 0 aromatic carbocycles. The van der Waals surface area contributed by atoms with E-state index in [4.69, 9.17) is 9.26 Å². The number of aromatic nitrogens is 2. The van der Waals surface area contributed by atoms with E-state index in [1.165, 1.54) is 6.42 Å². The molecule has 3 heterocycles. The summed E-state index contributed by atoms with van der Waals surface area (Å²) in [6, 6.07) is 0. The van der Waals surface area contributed by atoms with Gasteiger partial charge in [0.15, 0.2) is 0 Å². The Labute approximate surface area is 113 Å². The lowest BCUT2D eigenvalue weighted by molar-refractivity contribution is -0.0448. The number of nitrogens with one attached hydrogen (secondary N) is 1. The van der Waals surface area contributed by atoms with Crippen LogP contribution in [-0.4, -0.2) is 54.4 Å². The van der Waals surface area contributed by atoms with Gasteiger partial charge in [0, 0.05) is 33.1 Å². The summed E-state index contributed by atoms with van der Waals surface area (Å²) in [6.45, 7) is 10.1. The largest absolute Gasteiger partial charge is 0.367 e. The van der Waals surface area contributed by atoms with E-state index >= 15 is 0 Å². The first-order chi connectivity index (χ1) is 9.15. The Morgan fingerprint density at radius 2 is 2.42 bits per heavy atom. The summed E-state index contributed by atoms with van der Waals surface area (Å²) in [6.07, 6.45) is 1.19. The van der Waals surface area contributed by atoms with Crippen molar-refractivity contribution >= 4 is 0 Å². The van der Waals surface area contributed by atoms with Crippen LogP contribution in [0.15, 0.2) is 4.52 Å². The van der Waals surface area contributed by atoms with Gasteiger partial charge in [0.1, 0.15) is 6.10 Å². The number of ether oxygens (including phenoxy) is 1. The van der Waals surface area contributed by atoms with Crippen molar-refractivity contribution in [2.24, 2.45) is 5.41 Å². The average Bonchev–Trinajstić information content (AvgIpc) is 2.99. The summed E-state index contributed by atoms with van der Waals surface area (Å²) in [7, 11) is 0. The summed E-state index contributed by atoms with van der Waals surface area (Å²) in [4.78, 5) is 6.74. The van der Waals surface area contributed by atoms with Gasteiger partial charge in [-0.1, -0.05) is 12.1 Å². The lowest BCUT2D eigenvalue weighted by atomic mass is 9.89. The molecule has 19 heavy (non-hydrogen) atoms. The predicted octanol–water partition coefficient (Wildman–Crippen LogP) is 0.751. The topological polar surface area (TPSA) is 63.4 Å². The van der Waals surface area contributed by atoms with Crippen molar-refractivity contribution in [1.82, 2.24) is 20.4 Å². The molecule has 2 saturated heterocycles. The molecule has 0 aliphatic carbocycles. The van der Waals surface area contributed by atoms with E-state index in [1.54, 1.807) is 0 Å². The number of morpholine rings is 1. The molecular weight excluding hydrogens is 244 g/mol. The van der Waals surface area contributed by atoms with Crippen molar-refractivity contribution in [2.75, 3.05) is 39.3 Å². The molecule has 1 aromatic rings. The van der Waals surface area contributed by atoms with Gasteiger partial charge in [0.2, 0.25) is 11.7 Å². The van der Waals surface area contributed by atoms with Crippen LogP contribution in [0.25, 0.3) is 0 Å². The second kappa shape index (κ2) is 5.19. The maximum absolute atomic E-state index is 5.76. The number of hydrogen-bond donors (Lipinski definition) is 1. The van der Waals surface area contributed by atoms with Crippen LogP contribution in [0.2, 0.25) is 0 Å². The quantitative estimate of drug-likeness (QED) is 0.871. The van der Waals surface area contributed by atoms with Crippen LogP contribution >= 0.6 is 0 Å². The Balaban J connectivity index is 1.61. The van der Waals surface area contributed by atoms with Gasteiger partial charge in [-0.15, -0.1) is 0 Å². The maximum Gasteiger partial charge on any atom is 0.223 e. The number of aryl methyl sites for hydroxylation is 1. The highest BCUT2D eigenvalue weighted by Gasteiger charge is 2.33. The smallest absolute Gasteiger partial charge is 0.223 e. The first-order valence-corrected chi connectivity index (χ1v) is 7.00. The van der Waals surface area contributed by atoms with Crippen LogP contribution < -0.4 is 5.32 Å². The summed E-state index contributed by atoms with van der Waals surface area (Å²) in [5.41, 5.74) is 0.384. The fourth-order valence-electron chi connectivity index (χ4n) is 2.99. The summed E-state index contributed by atoms with van der Waals surface area (Å²) < 4.78 is 10.8. The average molecular weight is 266 g/mol. The van der Waals surface area contributed by atoms with Crippen molar-refractivity contribution < 1.29 is 9.26 Å². The predicted molar refractivity (Wildman–Crippen MR) is 69.8 cm³/mol. The van der Waals surface area contributed by atoms with E-state index in [0.717, 1.165) is 39.3 Å². The third kappa shape index (κ3) is 2.96. The Bertz CT molecular complexity index is 428. The van der Waals surface area contributed by atoms with Crippen LogP contribution in [0.3, 0.4) is 0 Å². The van der Waals surface area contributed by atoms with Crippen LogP contribution in [-0.2, 0) is 4.74 Å². The summed E-state index contributed by atoms with van der Waals surface area (Å²) in [5, 5.41) is 7.42. The van der Waals surface area contributed by atoms with E-state index in [9.17, 15) is 0 Å². The van der Waals surface area contributed by atoms with Crippen LogP contribution in [0.5, 0.6) is 0 Å².